The number of fused-ring (bicyclic) bond motifs is 13. The summed E-state index contributed by atoms with van der Waals surface area (Å²) in [6, 6.07) is 105. The Morgan fingerprint density at radius 1 is 0.354 bits per heavy atom. The van der Waals surface area contributed by atoms with Gasteiger partial charge in [0, 0.05) is 44.9 Å². The largest absolute Gasteiger partial charge is 0.333 e. The molecule has 3 heteroatoms. The molecule has 0 saturated carbocycles. The van der Waals surface area contributed by atoms with Crippen LogP contribution >= 0.6 is 0 Å². The lowest BCUT2D eigenvalue weighted by molar-refractivity contribution is 0.505. The summed E-state index contributed by atoms with van der Waals surface area (Å²) in [5.74, 6) is 0.172. The van der Waals surface area contributed by atoms with E-state index in [2.05, 4.69) is 325 Å². The van der Waals surface area contributed by atoms with Gasteiger partial charge < -0.3 is 14.7 Å². The second-order valence-corrected chi connectivity index (χ2v) is 21.2. The maximum Gasteiger partial charge on any atom is 0.0718 e. The fraction of sp³-hybridized carbons (Fsp3) is 0.0526. The summed E-state index contributed by atoms with van der Waals surface area (Å²) in [5, 5.41) is 4.83. The number of hydrogen-bond acceptors (Lipinski definition) is 3. The van der Waals surface area contributed by atoms with Crippen LogP contribution in [0.15, 0.2) is 309 Å². The van der Waals surface area contributed by atoms with Gasteiger partial charge in [-0.15, -0.1) is 0 Å². The average Bonchev–Trinajstić information content (AvgIpc) is 4.09. The zero-order chi connectivity index (χ0) is 52.4. The molecule has 12 aromatic carbocycles. The third-order valence-corrected chi connectivity index (χ3v) is 16.9. The highest BCUT2D eigenvalue weighted by Crippen LogP contribution is 2.67. The number of allylic oxidation sites excluding steroid dienone is 2. The van der Waals surface area contributed by atoms with E-state index in [1.807, 2.05) is 0 Å². The molecule has 12 aromatic rings. The molecule has 0 bridgehead atoms. The summed E-state index contributed by atoms with van der Waals surface area (Å²) in [4.78, 5) is 7.62. The van der Waals surface area contributed by atoms with Gasteiger partial charge in [0.25, 0.3) is 0 Å². The van der Waals surface area contributed by atoms with E-state index < -0.39 is 5.41 Å². The molecule has 0 saturated heterocycles. The van der Waals surface area contributed by atoms with Crippen LogP contribution in [0.1, 0.15) is 23.6 Å². The lowest BCUT2D eigenvalue weighted by Gasteiger charge is -2.53. The lowest BCUT2D eigenvalue weighted by Crippen LogP contribution is -2.51. The molecule has 374 valence electrons. The molecule has 15 rings (SSSR count). The van der Waals surface area contributed by atoms with Crippen molar-refractivity contribution >= 4 is 67.0 Å². The van der Waals surface area contributed by atoms with Crippen LogP contribution in [-0.4, -0.2) is 6.04 Å². The molecule has 3 aliphatic rings. The molecule has 2 atom stereocenters. The predicted molar refractivity (Wildman–Crippen MR) is 332 cm³/mol. The molecule has 0 fully saturated rings. The minimum atomic E-state index is -0.757. The standard InChI is InChI=1S/C76H55N3/c1-52-24-23-40-67-75(52)79(59-33-15-6-16-34-59)70-41-22-21-39-66(70)76(67)68-50-71(77(57-29-11-4-12-30-57)60-46-42-55(43-47-60)53-25-7-2-8-26-53)62-35-17-19-37-64(62)73(68)74-65-38-20-18-36-63(65)72(51-69(74)76)78(58-31-13-5-14-32-58)61-48-44-56(45-49-61)54-27-9-3-10-28-54/h2-52,75H,1H3. The van der Waals surface area contributed by atoms with Gasteiger partial charge in [-0.2, -0.15) is 0 Å². The first-order chi connectivity index (χ1) is 39.1. The first kappa shape index (κ1) is 46.4. The average molecular weight is 1010 g/mol. The second kappa shape index (κ2) is 18.9. The zero-order valence-electron chi connectivity index (χ0n) is 43.9. The van der Waals surface area contributed by atoms with Gasteiger partial charge in [-0.25, -0.2) is 0 Å². The van der Waals surface area contributed by atoms with Crippen LogP contribution in [0.2, 0.25) is 0 Å². The molecule has 0 radical (unpaired) electrons. The minimum Gasteiger partial charge on any atom is -0.333 e. The summed E-state index contributed by atoms with van der Waals surface area (Å²) < 4.78 is 0. The Hall–Kier alpha value is -9.96. The normalized spacial score (nSPS) is 15.5. The number of rotatable bonds is 9. The molecule has 1 heterocycles. The summed E-state index contributed by atoms with van der Waals surface area (Å²) in [5.41, 5.74) is 20.8. The number of hydrogen-bond donors (Lipinski definition) is 0. The Labute approximate surface area is 462 Å². The molecule has 2 aliphatic carbocycles. The Balaban J connectivity index is 1.07. The van der Waals surface area contributed by atoms with E-state index >= 15 is 0 Å². The summed E-state index contributed by atoms with van der Waals surface area (Å²) >= 11 is 0. The lowest BCUT2D eigenvalue weighted by atomic mass is 9.59. The maximum absolute atomic E-state index is 2.64. The molecule has 1 spiro atoms. The van der Waals surface area contributed by atoms with Crippen LogP contribution in [0.5, 0.6) is 0 Å². The number of benzene rings is 12. The molecule has 1 aliphatic heterocycles. The van der Waals surface area contributed by atoms with Crippen molar-refractivity contribution < 1.29 is 0 Å². The van der Waals surface area contributed by atoms with E-state index in [1.165, 1.54) is 88.6 Å². The van der Waals surface area contributed by atoms with E-state index in [1.54, 1.807) is 0 Å². The van der Waals surface area contributed by atoms with E-state index in [0.717, 1.165) is 34.1 Å². The Morgan fingerprint density at radius 2 is 0.734 bits per heavy atom. The molecular weight excluding hydrogens is 955 g/mol. The maximum atomic E-state index is 2.64. The van der Waals surface area contributed by atoms with E-state index in [9.17, 15) is 0 Å². The highest BCUT2D eigenvalue weighted by atomic mass is 15.2. The third-order valence-electron chi connectivity index (χ3n) is 16.9. The predicted octanol–water partition coefficient (Wildman–Crippen LogP) is 20.2. The van der Waals surface area contributed by atoms with Crippen LogP contribution in [0.4, 0.5) is 45.5 Å². The highest BCUT2D eigenvalue weighted by Gasteiger charge is 2.57. The van der Waals surface area contributed by atoms with Crippen molar-refractivity contribution in [3.05, 3.63) is 326 Å². The van der Waals surface area contributed by atoms with Gasteiger partial charge in [-0.3, -0.25) is 0 Å². The van der Waals surface area contributed by atoms with E-state index in [4.69, 9.17) is 0 Å². The fourth-order valence-electron chi connectivity index (χ4n) is 13.6. The van der Waals surface area contributed by atoms with Crippen LogP contribution in [-0.2, 0) is 5.41 Å². The van der Waals surface area contributed by atoms with E-state index in [0.29, 0.717) is 0 Å². The van der Waals surface area contributed by atoms with Crippen molar-refractivity contribution in [1.82, 2.24) is 0 Å². The highest BCUT2D eigenvalue weighted by molar-refractivity contribution is 6.19. The topological polar surface area (TPSA) is 9.72 Å². The van der Waals surface area contributed by atoms with Crippen molar-refractivity contribution in [3.8, 4) is 33.4 Å². The van der Waals surface area contributed by atoms with Crippen molar-refractivity contribution in [2.45, 2.75) is 18.4 Å². The summed E-state index contributed by atoms with van der Waals surface area (Å²) in [7, 11) is 0. The van der Waals surface area contributed by atoms with Gasteiger partial charge in [-0.1, -0.05) is 231 Å². The monoisotopic (exact) mass is 1010 g/mol. The third kappa shape index (κ3) is 7.34. The molecule has 2 unspecified atom stereocenters. The molecular formula is C76H55N3. The van der Waals surface area contributed by atoms with Gasteiger partial charge in [0.15, 0.2) is 0 Å². The smallest absolute Gasteiger partial charge is 0.0718 e. The van der Waals surface area contributed by atoms with Crippen LogP contribution in [0.3, 0.4) is 0 Å². The number of nitrogens with zero attached hydrogens (tertiary/aromatic N) is 3. The van der Waals surface area contributed by atoms with E-state index in [-0.39, 0.29) is 12.0 Å². The quantitative estimate of drug-likeness (QED) is 0.143. The molecule has 0 amide bonds. The molecule has 79 heavy (non-hydrogen) atoms. The van der Waals surface area contributed by atoms with Gasteiger partial charge in [0.05, 0.1) is 22.8 Å². The Morgan fingerprint density at radius 3 is 1.22 bits per heavy atom. The van der Waals surface area contributed by atoms with Gasteiger partial charge >= 0.3 is 0 Å². The fourth-order valence-corrected chi connectivity index (χ4v) is 13.6. The Bertz CT molecular complexity index is 4090. The first-order valence-corrected chi connectivity index (χ1v) is 27.6. The molecule has 3 nitrogen and oxygen atoms in total. The van der Waals surface area contributed by atoms with Crippen molar-refractivity contribution in [3.63, 3.8) is 0 Å². The minimum absolute atomic E-state index is 0.0162. The summed E-state index contributed by atoms with van der Waals surface area (Å²) in [6.07, 6.45) is 7.23. The van der Waals surface area contributed by atoms with Crippen molar-refractivity contribution in [2.75, 3.05) is 14.7 Å². The zero-order valence-corrected chi connectivity index (χ0v) is 43.9. The molecule has 0 aromatic heterocycles. The van der Waals surface area contributed by atoms with Gasteiger partial charge in [-0.05, 0) is 151 Å². The summed E-state index contributed by atoms with van der Waals surface area (Å²) in [6.45, 7) is 2.41. The first-order valence-electron chi connectivity index (χ1n) is 27.6. The van der Waals surface area contributed by atoms with Crippen LogP contribution in [0, 0.1) is 5.92 Å². The van der Waals surface area contributed by atoms with Crippen molar-refractivity contribution in [2.24, 2.45) is 5.92 Å². The van der Waals surface area contributed by atoms with Crippen LogP contribution in [0.25, 0.3) is 54.9 Å². The number of anilines is 8. The SMILES string of the molecule is CC1C=CC=C2C1N(c1ccccc1)c1ccccc1C21c2cc(N(c3ccccc3)c3ccc(-c4ccccc4)cc3)c3ccccc3c2-c2c1cc(N(c1ccccc1)c1ccc(-c3ccccc3)cc1)c1ccccc21. The van der Waals surface area contributed by atoms with Gasteiger partial charge in [0.2, 0.25) is 0 Å². The Kier molecular flexibility index (Phi) is 11.1. The molecule has 0 N–H and O–H groups in total. The number of para-hydroxylation sites is 4. The van der Waals surface area contributed by atoms with Crippen molar-refractivity contribution in [1.29, 1.82) is 0 Å². The van der Waals surface area contributed by atoms with Gasteiger partial charge in [0.1, 0.15) is 0 Å². The second-order valence-electron chi connectivity index (χ2n) is 21.2. The van der Waals surface area contributed by atoms with Crippen LogP contribution < -0.4 is 14.7 Å².